The Morgan fingerprint density at radius 1 is 1.29 bits per heavy atom. The van der Waals surface area contributed by atoms with Crippen LogP contribution in [0, 0.1) is 28.1 Å². The summed E-state index contributed by atoms with van der Waals surface area (Å²) in [6.07, 6.45) is 1.86. The predicted octanol–water partition coefficient (Wildman–Crippen LogP) is 1.37. The van der Waals surface area contributed by atoms with Gasteiger partial charge < -0.3 is 5.11 Å². The van der Waals surface area contributed by atoms with Crippen LogP contribution in [-0.4, -0.2) is 16.5 Å². The summed E-state index contributed by atoms with van der Waals surface area (Å²) in [7, 11) is 0. The van der Waals surface area contributed by atoms with Gasteiger partial charge in [0.15, 0.2) is 5.78 Å². The van der Waals surface area contributed by atoms with Gasteiger partial charge in [0.25, 0.3) is 0 Å². The van der Waals surface area contributed by atoms with E-state index < -0.39 is 5.60 Å². The summed E-state index contributed by atoms with van der Waals surface area (Å²) in [6.45, 7) is 6.32. The Bertz CT molecular complexity index is 399. The van der Waals surface area contributed by atoms with Gasteiger partial charge in [-0.25, -0.2) is 0 Å². The SMILES string of the molecule is C[C@]12CC(=O)[C@](C)(O)[C@H]3C4C[C@]1(C)[C@@]432. The minimum Gasteiger partial charge on any atom is -0.382 e. The van der Waals surface area contributed by atoms with Crippen LogP contribution in [0.25, 0.3) is 0 Å². The molecule has 1 unspecified atom stereocenters. The first-order valence-electron chi connectivity index (χ1n) is 5.60. The molecule has 76 valence electrons. The number of carbonyl (C=O) groups is 1. The van der Waals surface area contributed by atoms with E-state index in [9.17, 15) is 9.90 Å². The lowest BCUT2D eigenvalue weighted by Crippen LogP contribution is -2.43. The average molecular weight is 192 g/mol. The molecule has 0 aromatic heterocycles. The first-order chi connectivity index (χ1) is 6.34. The van der Waals surface area contributed by atoms with Gasteiger partial charge in [-0.1, -0.05) is 13.8 Å². The van der Waals surface area contributed by atoms with Gasteiger partial charge in [0.1, 0.15) is 5.60 Å². The van der Waals surface area contributed by atoms with Crippen LogP contribution in [-0.2, 0) is 4.79 Å². The van der Waals surface area contributed by atoms with E-state index in [1.165, 1.54) is 6.42 Å². The van der Waals surface area contributed by atoms with E-state index in [1.807, 2.05) is 0 Å². The summed E-state index contributed by atoms with van der Waals surface area (Å²) in [6, 6.07) is 0. The molecule has 0 bridgehead atoms. The lowest BCUT2D eigenvalue weighted by atomic mass is 9.78. The second-order valence-corrected chi connectivity index (χ2v) is 6.57. The molecule has 1 spiro atoms. The normalized spacial score (nSPS) is 77.3. The maximum Gasteiger partial charge on any atom is 0.164 e. The molecule has 4 saturated carbocycles. The number of aliphatic hydroxyl groups is 1. The van der Waals surface area contributed by atoms with Crippen molar-refractivity contribution in [2.45, 2.75) is 39.2 Å². The Balaban J connectivity index is 1.92. The number of ketones is 1. The predicted molar refractivity (Wildman–Crippen MR) is 50.5 cm³/mol. The standard InChI is InChI=1S/C12H16O2/c1-9-4-6-8-11(3,14)7(13)5-10(9,2)12(6,8)9/h6,8,14H,4-5H2,1-3H3/t6?,8-,9+,10+,11+,12-/m1/s1. The molecule has 2 nitrogen and oxygen atoms in total. The second-order valence-electron chi connectivity index (χ2n) is 6.57. The lowest BCUT2D eigenvalue weighted by Gasteiger charge is -2.29. The third-order valence-electron chi connectivity index (χ3n) is 6.66. The Labute approximate surface area is 83.7 Å². The molecule has 4 fully saturated rings. The van der Waals surface area contributed by atoms with E-state index in [0.29, 0.717) is 29.1 Å². The number of hydrogen-bond donors (Lipinski definition) is 1. The van der Waals surface area contributed by atoms with Crippen LogP contribution in [0.2, 0.25) is 0 Å². The molecule has 0 amide bonds. The van der Waals surface area contributed by atoms with E-state index in [2.05, 4.69) is 13.8 Å². The Morgan fingerprint density at radius 2 is 1.93 bits per heavy atom. The van der Waals surface area contributed by atoms with Gasteiger partial charge in [0.2, 0.25) is 0 Å². The minimum absolute atomic E-state index is 0.0894. The van der Waals surface area contributed by atoms with Gasteiger partial charge in [0.05, 0.1) is 0 Å². The summed E-state index contributed by atoms with van der Waals surface area (Å²) in [4.78, 5) is 11.9. The third-order valence-corrected chi connectivity index (χ3v) is 6.66. The first kappa shape index (κ1) is 7.86. The highest BCUT2D eigenvalue weighted by Crippen LogP contribution is 3.07. The Kier molecular flexibility index (Phi) is 0.800. The fourth-order valence-corrected chi connectivity index (χ4v) is 5.94. The van der Waals surface area contributed by atoms with Crippen LogP contribution >= 0.6 is 0 Å². The first-order valence-corrected chi connectivity index (χ1v) is 5.60. The van der Waals surface area contributed by atoms with E-state index in [1.54, 1.807) is 6.92 Å². The van der Waals surface area contributed by atoms with Crippen LogP contribution in [0.5, 0.6) is 0 Å². The molecule has 0 aromatic carbocycles. The molecule has 0 aromatic rings. The highest BCUT2D eigenvalue weighted by Gasteiger charge is 3.06. The molecule has 4 aliphatic carbocycles. The molecule has 2 heteroatoms. The number of rotatable bonds is 0. The van der Waals surface area contributed by atoms with Gasteiger partial charge in [-0.2, -0.15) is 0 Å². The summed E-state index contributed by atoms with van der Waals surface area (Å²) in [5, 5.41) is 10.2. The monoisotopic (exact) mass is 192 g/mol. The van der Waals surface area contributed by atoms with E-state index in [-0.39, 0.29) is 11.2 Å². The summed E-state index contributed by atoms with van der Waals surface area (Å²) < 4.78 is 0. The zero-order valence-electron chi connectivity index (χ0n) is 8.92. The van der Waals surface area contributed by atoms with Gasteiger partial charge in [-0.05, 0) is 35.5 Å². The number of Topliss-reactive ketones (excluding diaryl/α,β-unsaturated/α-hetero) is 1. The van der Waals surface area contributed by atoms with Gasteiger partial charge in [-0.15, -0.1) is 0 Å². The summed E-state index contributed by atoms with van der Waals surface area (Å²) in [5.41, 5.74) is 0.0238. The van der Waals surface area contributed by atoms with Crippen molar-refractivity contribution in [1.29, 1.82) is 0 Å². The maximum atomic E-state index is 11.9. The molecule has 0 radical (unpaired) electrons. The summed E-state index contributed by atoms with van der Waals surface area (Å²) >= 11 is 0. The van der Waals surface area contributed by atoms with Crippen LogP contribution < -0.4 is 0 Å². The molecule has 4 aliphatic rings. The number of carbonyl (C=O) groups excluding carboxylic acids is 1. The van der Waals surface area contributed by atoms with Gasteiger partial charge >= 0.3 is 0 Å². The van der Waals surface area contributed by atoms with Crippen LogP contribution in [0.4, 0.5) is 0 Å². The Hall–Kier alpha value is -0.370. The highest BCUT2D eigenvalue weighted by molar-refractivity contribution is 5.93. The molecular formula is C12H16O2. The Morgan fingerprint density at radius 3 is 2.50 bits per heavy atom. The third kappa shape index (κ3) is 0.357. The van der Waals surface area contributed by atoms with E-state index in [4.69, 9.17) is 0 Å². The fraction of sp³-hybridized carbons (Fsp3) is 0.917. The van der Waals surface area contributed by atoms with Crippen molar-refractivity contribution in [3.05, 3.63) is 0 Å². The largest absolute Gasteiger partial charge is 0.382 e. The number of fused-ring (bicyclic) bond motifs is 2. The molecule has 0 aliphatic heterocycles. The number of hydrogen-bond acceptors (Lipinski definition) is 2. The summed E-state index contributed by atoms with van der Waals surface area (Å²) in [5.74, 6) is 1.05. The van der Waals surface area contributed by atoms with Crippen molar-refractivity contribution in [1.82, 2.24) is 0 Å². The van der Waals surface area contributed by atoms with Gasteiger partial charge in [0, 0.05) is 12.3 Å². The fourth-order valence-electron chi connectivity index (χ4n) is 5.94. The smallest absolute Gasteiger partial charge is 0.164 e. The van der Waals surface area contributed by atoms with Crippen molar-refractivity contribution < 1.29 is 9.90 Å². The van der Waals surface area contributed by atoms with Gasteiger partial charge in [-0.3, -0.25) is 4.79 Å². The highest BCUT2D eigenvalue weighted by atomic mass is 16.3. The van der Waals surface area contributed by atoms with Crippen molar-refractivity contribution in [2.24, 2.45) is 28.1 Å². The quantitative estimate of drug-likeness (QED) is 0.629. The lowest BCUT2D eigenvalue weighted by molar-refractivity contribution is -0.142. The molecule has 1 N–H and O–H groups in total. The second kappa shape index (κ2) is 1.42. The van der Waals surface area contributed by atoms with Crippen molar-refractivity contribution >= 4 is 5.78 Å². The molecule has 0 saturated heterocycles. The van der Waals surface area contributed by atoms with Crippen molar-refractivity contribution in [3.8, 4) is 0 Å². The van der Waals surface area contributed by atoms with Crippen molar-refractivity contribution in [2.75, 3.05) is 0 Å². The van der Waals surface area contributed by atoms with Crippen LogP contribution in [0.3, 0.4) is 0 Å². The van der Waals surface area contributed by atoms with Crippen LogP contribution in [0.1, 0.15) is 33.6 Å². The van der Waals surface area contributed by atoms with Crippen LogP contribution in [0.15, 0.2) is 0 Å². The zero-order valence-corrected chi connectivity index (χ0v) is 8.92. The maximum absolute atomic E-state index is 11.9. The average Bonchev–Trinajstić information content (AvgIpc) is 2.73. The van der Waals surface area contributed by atoms with E-state index in [0.717, 1.165) is 0 Å². The molecule has 4 rings (SSSR count). The molecule has 14 heavy (non-hydrogen) atoms. The molecular weight excluding hydrogens is 176 g/mol. The zero-order chi connectivity index (χ0) is 10.1. The van der Waals surface area contributed by atoms with Crippen molar-refractivity contribution in [3.63, 3.8) is 0 Å². The molecule has 6 atom stereocenters. The minimum atomic E-state index is -1.00. The topological polar surface area (TPSA) is 37.3 Å². The molecule has 0 heterocycles. The van der Waals surface area contributed by atoms with E-state index >= 15 is 0 Å².